The number of nitrogen functional groups attached to an aromatic ring is 1. The van der Waals surface area contributed by atoms with Gasteiger partial charge in [0.1, 0.15) is 0 Å². The van der Waals surface area contributed by atoms with E-state index in [0.717, 1.165) is 5.56 Å². The molecule has 0 aliphatic carbocycles. The molecule has 0 aliphatic heterocycles. The third kappa shape index (κ3) is 0.997. The van der Waals surface area contributed by atoms with Gasteiger partial charge in [0, 0.05) is 5.69 Å². The summed E-state index contributed by atoms with van der Waals surface area (Å²) in [6.45, 7) is 1.94. The molecule has 0 amide bonds. The molecular weight excluding hydrogens is 98.1 g/mol. The van der Waals surface area contributed by atoms with Crippen LogP contribution in [-0.2, 0) is 0 Å². The molecule has 0 aromatic heterocycles. The van der Waals surface area contributed by atoms with Crippen LogP contribution in [0.3, 0.4) is 0 Å². The molecule has 0 radical (unpaired) electrons. The Morgan fingerprint density at radius 2 is 2.25 bits per heavy atom. The van der Waals surface area contributed by atoms with Crippen LogP contribution >= 0.6 is 0 Å². The second-order valence-electron chi connectivity index (χ2n) is 1.82. The highest BCUT2D eigenvalue weighted by atomic mass is 14.5. The molecule has 1 aromatic rings. The average molecular weight is 109 g/mol. The van der Waals surface area contributed by atoms with Crippen LogP contribution in [0.15, 0.2) is 24.2 Å². The lowest BCUT2D eigenvalue weighted by atomic mass is 10.2. The van der Waals surface area contributed by atoms with Gasteiger partial charge in [-0.1, -0.05) is 17.7 Å². The third-order valence-corrected chi connectivity index (χ3v) is 0.992. The molecule has 0 bridgehead atoms. The Morgan fingerprint density at radius 1 is 1.50 bits per heavy atom. The van der Waals surface area contributed by atoms with Crippen LogP contribution in [-0.4, -0.2) is 0 Å². The minimum Gasteiger partial charge on any atom is -0.399 e. The van der Waals surface area contributed by atoms with Crippen LogP contribution in [0.1, 0.15) is 6.93 Å². The van der Waals surface area contributed by atoms with Crippen LogP contribution in [0.5, 0.6) is 0 Å². The molecule has 1 aromatic carbocycles. The summed E-state index contributed by atoms with van der Waals surface area (Å²) in [6.07, 6.45) is 0. The molecule has 8 heavy (non-hydrogen) atoms. The normalized spacial score (nSPS) is 10.9. The van der Waals surface area contributed by atoms with E-state index in [1.54, 1.807) is 12.1 Å². The van der Waals surface area contributed by atoms with Crippen molar-refractivity contribution in [3.8, 4) is 0 Å². The largest absolute Gasteiger partial charge is 0.399 e. The molecule has 0 fully saturated rings. The minimum atomic E-state index is 0.412. The summed E-state index contributed by atoms with van der Waals surface area (Å²) < 4.78 is 7.24. The summed E-state index contributed by atoms with van der Waals surface area (Å²) in [6, 6.07) is 5.80. The molecule has 0 aliphatic rings. The molecule has 0 atom stereocenters. The lowest BCUT2D eigenvalue weighted by molar-refractivity contribution is 1.47. The second-order valence-corrected chi connectivity index (χ2v) is 1.82. The first-order valence-electron chi connectivity index (χ1n) is 3.03. The summed E-state index contributed by atoms with van der Waals surface area (Å²) in [7, 11) is 0. The van der Waals surface area contributed by atoms with E-state index in [9.17, 15) is 0 Å². The smallest absolute Gasteiger partial charge is 0.0645 e. The molecule has 0 unspecified atom stereocenters. The van der Waals surface area contributed by atoms with Crippen molar-refractivity contribution in [2.75, 3.05) is 5.73 Å². The van der Waals surface area contributed by atoms with Crippen molar-refractivity contribution in [1.82, 2.24) is 0 Å². The fraction of sp³-hybridized carbons (Fsp3) is 0.143. The van der Waals surface area contributed by atoms with Gasteiger partial charge in [-0.25, -0.2) is 0 Å². The molecule has 0 heterocycles. The summed E-state index contributed by atoms with van der Waals surface area (Å²) in [4.78, 5) is 0. The van der Waals surface area contributed by atoms with Crippen molar-refractivity contribution < 1.29 is 1.37 Å². The number of aryl methyl sites for hydroxylation is 1. The van der Waals surface area contributed by atoms with E-state index < -0.39 is 0 Å². The Balaban J connectivity index is 3.17. The predicted molar refractivity (Wildman–Crippen MR) is 35.6 cm³/mol. The Labute approximate surface area is 50.5 Å². The van der Waals surface area contributed by atoms with Crippen molar-refractivity contribution in [3.05, 3.63) is 29.8 Å². The van der Waals surface area contributed by atoms with E-state index in [-0.39, 0.29) is 0 Å². The summed E-state index contributed by atoms with van der Waals surface area (Å²) in [5, 5.41) is 0. The van der Waals surface area contributed by atoms with Crippen LogP contribution < -0.4 is 5.73 Å². The fourth-order valence-corrected chi connectivity index (χ4v) is 0.515. The highest BCUT2D eigenvalue weighted by Gasteiger charge is 1.80. The predicted octanol–water partition coefficient (Wildman–Crippen LogP) is 1.58. The molecule has 1 rings (SSSR count). The van der Waals surface area contributed by atoms with Crippen molar-refractivity contribution in [2.45, 2.75) is 6.92 Å². The van der Waals surface area contributed by atoms with Gasteiger partial charge >= 0.3 is 0 Å². The average Bonchev–Trinajstić information content (AvgIpc) is 1.80. The lowest BCUT2D eigenvalue weighted by Gasteiger charge is -1.90. The van der Waals surface area contributed by atoms with Crippen LogP contribution in [0, 0.1) is 6.92 Å². The Morgan fingerprint density at radius 3 is 2.75 bits per heavy atom. The quantitative estimate of drug-likeness (QED) is 0.503. The lowest BCUT2D eigenvalue weighted by Crippen LogP contribution is -1.81. The summed E-state index contributed by atoms with van der Waals surface area (Å²) in [5.41, 5.74) is 7.02. The zero-order chi connectivity index (χ0) is 6.85. The SMILES string of the molecule is [3H]c1cc(C)ccc1N. The van der Waals surface area contributed by atoms with Crippen molar-refractivity contribution in [2.24, 2.45) is 0 Å². The van der Waals surface area contributed by atoms with E-state index in [2.05, 4.69) is 0 Å². The number of hydrogen-bond donors (Lipinski definition) is 1. The zero-order valence-electron chi connectivity index (χ0n) is 5.81. The van der Waals surface area contributed by atoms with Crippen molar-refractivity contribution in [3.63, 3.8) is 0 Å². The highest BCUT2D eigenvalue weighted by molar-refractivity contribution is 5.38. The summed E-state index contributed by atoms with van der Waals surface area (Å²) >= 11 is 0. The van der Waals surface area contributed by atoms with E-state index in [1.165, 1.54) is 0 Å². The standard InChI is InChI=1S/C7H9N/c1-6-2-4-7(8)5-3-6/h2-5H,8H2,1H3/i4T. The zero-order valence-corrected chi connectivity index (χ0v) is 4.81. The Kier molecular flexibility index (Phi) is 0.922. The first kappa shape index (κ1) is 3.96. The van der Waals surface area contributed by atoms with Crippen molar-refractivity contribution in [1.29, 1.82) is 0 Å². The number of rotatable bonds is 0. The van der Waals surface area contributed by atoms with Gasteiger partial charge in [-0.15, -0.1) is 0 Å². The van der Waals surface area contributed by atoms with Gasteiger partial charge in [0.25, 0.3) is 0 Å². The van der Waals surface area contributed by atoms with Crippen LogP contribution in [0.4, 0.5) is 5.69 Å². The van der Waals surface area contributed by atoms with E-state index in [4.69, 9.17) is 7.10 Å². The molecule has 0 saturated heterocycles. The molecule has 0 spiro atoms. The van der Waals surface area contributed by atoms with E-state index in [1.807, 2.05) is 13.0 Å². The van der Waals surface area contributed by atoms with Gasteiger partial charge in [0.15, 0.2) is 0 Å². The van der Waals surface area contributed by atoms with Gasteiger partial charge in [-0.2, -0.15) is 0 Å². The van der Waals surface area contributed by atoms with Crippen LogP contribution in [0.25, 0.3) is 0 Å². The number of anilines is 1. The molecular formula is C7H9N. The maximum Gasteiger partial charge on any atom is 0.0645 e. The Hall–Kier alpha value is -0.980. The van der Waals surface area contributed by atoms with Gasteiger partial charge in [0.2, 0.25) is 0 Å². The van der Waals surface area contributed by atoms with E-state index in [0.29, 0.717) is 11.7 Å². The number of benzene rings is 1. The molecule has 0 saturated carbocycles. The molecule has 42 valence electrons. The summed E-state index contributed by atoms with van der Waals surface area (Å²) in [5.74, 6) is 0. The molecule has 1 heteroatoms. The van der Waals surface area contributed by atoms with Crippen molar-refractivity contribution >= 4 is 5.69 Å². The van der Waals surface area contributed by atoms with Gasteiger partial charge < -0.3 is 5.73 Å². The monoisotopic (exact) mass is 109 g/mol. The Bertz CT molecular complexity index is 220. The van der Waals surface area contributed by atoms with E-state index >= 15 is 0 Å². The molecule has 2 N–H and O–H groups in total. The fourth-order valence-electron chi connectivity index (χ4n) is 0.515. The number of hydrogen-bond acceptors (Lipinski definition) is 1. The number of nitrogens with two attached hydrogens (primary N) is 1. The van der Waals surface area contributed by atoms with Gasteiger partial charge in [-0.05, 0) is 19.0 Å². The van der Waals surface area contributed by atoms with Crippen LogP contribution in [0.2, 0.25) is 0 Å². The van der Waals surface area contributed by atoms with Gasteiger partial charge in [0.05, 0.1) is 1.37 Å². The first-order valence-corrected chi connectivity index (χ1v) is 2.53. The minimum absolute atomic E-state index is 0.412. The highest BCUT2D eigenvalue weighted by Crippen LogP contribution is 2.02. The second kappa shape index (κ2) is 1.86. The van der Waals surface area contributed by atoms with Gasteiger partial charge in [-0.3, -0.25) is 0 Å². The topological polar surface area (TPSA) is 26.0 Å². The first-order chi connectivity index (χ1) is 4.20. The molecule has 1 nitrogen and oxygen atoms in total. The maximum atomic E-state index is 7.24. The maximum absolute atomic E-state index is 7.24. The third-order valence-electron chi connectivity index (χ3n) is 0.992.